The molecular weight excluding hydrogens is 325 g/mol. The van der Waals surface area contributed by atoms with Crippen LogP contribution in [0.5, 0.6) is 0 Å². The van der Waals surface area contributed by atoms with Crippen molar-refractivity contribution in [3.05, 3.63) is 53.0 Å². The van der Waals surface area contributed by atoms with Crippen molar-refractivity contribution in [3.63, 3.8) is 0 Å². The fraction of sp³-hybridized carbons (Fsp3) is 0.444. The van der Waals surface area contributed by atoms with Crippen LogP contribution in [0.15, 0.2) is 28.7 Å². The van der Waals surface area contributed by atoms with Gasteiger partial charge in [0, 0.05) is 44.8 Å². The zero-order valence-corrected chi connectivity index (χ0v) is 14.4. The highest BCUT2D eigenvalue weighted by Gasteiger charge is 2.25. The third-order valence-electron chi connectivity index (χ3n) is 4.15. The molecular formula is C18H22FN3O3. The van der Waals surface area contributed by atoms with Gasteiger partial charge in [0.1, 0.15) is 11.6 Å². The molecule has 1 amide bonds. The molecule has 0 spiro atoms. The molecule has 134 valence electrons. The molecule has 25 heavy (non-hydrogen) atoms. The summed E-state index contributed by atoms with van der Waals surface area (Å²) in [5.41, 5.74) is 1.40. The maximum Gasteiger partial charge on any atom is 0.307 e. The SMILES string of the molecule is COC[C@H](C)NC(=O)c1nc2c(o1)CCN(Cc1ccccc1F)C2. The number of benzene rings is 1. The van der Waals surface area contributed by atoms with E-state index < -0.39 is 0 Å². The van der Waals surface area contributed by atoms with Crippen molar-refractivity contribution in [1.82, 2.24) is 15.2 Å². The van der Waals surface area contributed by atoms with E-state index in [9.17, 15) is 9.18 Å². The van der Waals surface area contributed by atoms with Crippen LogP contribution in [0.2, 0.25) is 0 Å². The normalized spacial score (nSPS) is 15.6. The molecule has 1 atom stereocenters. The molecule has 2 aromatic rings. The fourth-order valence-corrected chi connectivity index (χ4v) is 2.93. The topological polar surface area (TPSA) is 67.6 Å². The van der Waals surface area contributed by atoms with Crippen molar-refractivity contribution >= 4 is 5.91 Å². The van der Waals surface area contributed by atoms with Gasteiger partial charge in [0.05, 0.1) is 12.3 Å². The number of hydrogen-bond acceptors (Lipinski definition) is 5. The number of methoxy groups -OCH3 is 1. The third kappa shape index (κ3) is 4.24. The molecule has 0 radical (unpaired) electrons. The number of amides is 1. The van der Waals surface area contributed by atoms with Gasteiger partial charge in [0.25, 0.3) is 5.89 Å². The lowest BCUT2D eigenvalue weighted by atomic mass is 10.1. The quantitative estimate of drug-likeness (QED) is 0.867. The van der Waals surface area contributed by atoms with Crippen LogP contribution < -0.4 is 5.32 Å². The summed E-state index contributed by atoms with van der Waals surface area (Å²) in [5, 5.41) is 2.78. The molecule has 1 aliphatic rings. The van der Waals surface area contributed by atoms with E-state index in [-0.39, 0.29) is 23.7 Å². The molecule has 0 bridgehead atoms. The molecule has 2 heterocycles. The van der Waals surface area contributed by atoms with Crippen LogP contribution in [0.3, 0.4) is 0 Å². The van der Waals surface area contributed by atoms with E-state index in [2.05, 4.69) is 15.2 Å². The van der Waals surface area contributed by atoms with Crippen molar-refractivity contribution in [2.45, 2.75) is 32.5 Å². The van der Waals surface area contributed by atoms with Gasteiger partial charge in [-0.1, -0.05) is 18.2 Å². The number of nitrogens with zero attached hydrogens (tertiary/aromatic N) is 2. The Kier molecular flexibility index (Phi) is 5.45. The first-order chi connectivity index (χ1) is 12.1. The Balaban J connectivity index is 1.65. The van der Waals surface area contributed by atoms with Gasteiger partial charge in [-0.3, -0.25) is 9.69 Å². The first-order valence-corrected chi connectivity index (χ1v) is 8.31. The Hall–Kier alpha value is -2.25. The number of aromatic nitrogens is 1. The van der Waals surface area contributed by atoms with Crippen LogP contribution in [0, 0.1) is 5.82 Å². The highest BCUT2D eigenvalue weighted by molar-refractivity contribution is 5.89. The molecule has 0 unspecified atom stereocenters. The summed E-state index contributed by atoms with van der Waals surface area (Å²) in [4.78, 5) is 18.6. The van der Waals surface area contributed by atoms with Crippen LogP contribution in [0.1, 0.15) is 34.6 Å². The second-order valence-electron chi connectivity index (χ2n) is 6.27. The molecule has 7 heteroatoms. The van der Waals surface area contributed by atoms with Crippen LogP contribution in [0.4, 0.5) is 4.39 Å². The lowest BCUT2D eigenvalue weighted by Gasteiger charge is -2.25. The van der Waals surface area contributed by atoms with Crippen molar-refractivity contribution in [3.8, 4) is 0 Å². The van der Waals surface area contributed by atoms with Crippen LogP contribution in [0.25, 0.3) is 0 Å². The number of nitrogens with one attached hydrogen (secondary N) is 1. The number of carbonyl (C=O) groups is 1. The Morgan fingerprint density at radius 3 is 3.04 bits per heavy atom. The number of hydrogen-bond donors (Lipinski definition) is 1. The first-order valence-electron chi connectivity index (χ1n) is 8.31. The molecule has 1 aromatic heterocycles. The Labute approximate surface area is 146 Å². The predicted molar refractivity (Wildman–Crippen MR) is 89.5 cm³/mol. The molecule has 0 aliphatic carbocycles. The molecule has 0 fully saturated rings. The van der Waals surface area contributed by atoms with E-state index in [1.807, 2.05) is 13.0 Å². The van der Waals surface area contributed by atoms with Gasteiger partial charge in [-0.05, 0) is 13.0 Å². The number of halogens is 1. The van der Waals surface area contributed by atoms with E-state index in [1.165, 1.54) is 6.07 Å². The van der Waals surface area contributed by atoms with Gasteiger partial charge in [0.15, 0.2) is 0 Å². The van der Waals surface area contributed by atoms with Gasteiger partial charge in [-0.25, -0.2) is 9.37 Å². The largest absolute Gasteiger partial charge is 0.437 e. The minimum atomic E-state index is -0.348. The maximum atomic E-state index is 13.8. The van der Waals surface area contributed by atoms with Crippen molar-refractivity contribution in [2.75, 3.05) is 20.3 Å². The number of ether oxygens (including phenoxy) is 1. The highest BCUT2D eigenvalue weighted by atomic mass is 19.1. The van der Waals surface area contributed by atoms with Crippen molar-refractivity contribution in [1.29, 1.82) is 0 Å². The van der Waals surface area contributed by atoms with E-state index in [4.69, 9.17) is 9.15 Å². The van der Waals surface area contributed by atoms with Crippen molar-refractivity contribution < 1.29 is 18.3 Å². The number of oxazole rings is 1. The minimum Gasteiger partial charge on any atom is -0.437 e. The first kappa shape index (κ1) is 17.6. The minimum absolute atomic E-state index is 0.0701. The molecule has 6 nitrogen and oxygen atoms in total. The van der Waals surface area contributed by atoms with Gasteiger partial charge in [-0.2, -0.15) is 0 Å². The van der Waals surface area contributed by atoms with Gasteiger partial charge >= 0.3 is 5.91 Å². The predicted octanol–water partition coefficient (Wildman–Crippen LogP) is 2.14. The zero-order chi connectivity index (χ0) is 17.8. The summed E-state index contributed by atoms with van der Waals surface area (Å²) >= 11 is 0. The Bertz CT molecular complexity index is 747. The van der Waals surface area contributed by atoms with Crippen molar-refractivity contribution in [2.24, 2.45) is 0 Å². The average Bonchev–Trinajstić information content (AvgIpc) is 3.00. The molecule has 0 saturated heterocycles. The van der Waals surface area contributed by atoms with E-state index in [0.29, 0.717) is 31.7 Å². The molecule has 1 aliphatic heterocycles. The Morgan fingerprint density at radius 1 is 1.48 bits per heavy atom. The standard InChI is InChI=1S/C18H22FN3O3/c1-12(11-24-2)20-17(23)18-21-15-10-22(8-7-16(15)25-18)9-13-5-3-4-6-14(13)19/h3-6,12H,7-11H2,1-2H3,(H,20,23)/t12-/m0/s1. The average molecular weight is 347 g/mol. The third-order valence-corrected chi connectivity index (χ3v) is 4.15. The fourth-order valence-electron chi connectivity index (χ4n) is 2.93. The smallest absolute Gasteiger partial charge is 0.307 e. The van der Waals surface area contributed by atoms with Crippen LogP contribution in [-0.2, 0) is 24.2 Å². The molecule has 0 saturated carbocycles. The monoisotopic (exact) mass is 347 g/mol. The summed E-state index contributed by atoms with van der Waals surface area (Å²) in [6.45, 7) is 4.04. The molecule has 1 aromatic carbocycles. The maximum absolute atomic E-state index is 13.8. The lowest BCUT2D eigenvalue weighted by molar-refractivity contribution is 0.0869. The summed E-state index contributed by atoms with van der Waals surface area (Å²) in [7, 11) is 1.58. The zero-order valence-electron chi connectivity index (χ0n) is 14.4. The van der Waals surface area contributed by atoms with Crippen LogP contribution in [-0.4, -0.2) is 42.1 Å². The second-order valence-corrected chi connectivity index (χ2v) is 6.27. The number of fused-ring (bicyclic) bond motifs is 1. The number of rotatable bonds is 6. The van der Waals surface area contributed by atoms with E-state index in [1.54, 1.807) is 19.2 Å². The summed E-state index contributed by atoms with van der Waals surface area (Å²) in [6, 6.07) is 6.63. The highest BCUT2D eigenvalue weighted by Crippen LogP contribution is 2.22. The molecule has 3 rings (SSSR count). The summed E-state index contributed by atoms with van der Waals surface area (Å²) < 4.78 is 24.4. The van der Waals surface area contributed by atoms with Crippen LogP contribution >= 0.6 is 0 Å². The van der Waals surface area contributed by atoms with Gasteiger partial charge in [0.2, 0.25) is 0 Å². The summed E-state index contributed by atoms with van der Waals surface area (Å²) in [5.74, 6) is 0.246. The molecule has 1 N–H and O–H groups in total. The number of carbonyl (C=O) groups excluding carboxylic acids is 1. The Morgan fingerprint density at radius 2 is 2.28 bits per heavy atom. The van der Waals surface area contributed by atoms with Gasteiger partial charge in [-0.15, -0.1) is 0 Å². The lowest BCUT2D eigenvalue weighted by Crippen LogP contribution is -2.35. The summed E-state index contributed by atoms with van der Waals surface area (Å²) in [6.07, 6.45) is 0.650. The van der Waals surface area contributed by atoms with E-state index >= 15 is 0 Å². The van der Waals surface area contributed by atoms with E-state index in [0.717, 1.165) is 18.0 Å². The second kappa shape index (κ2) is 7.76. The van der Waals surface area contributed by atoms with Gasteiger partial charge < -0.3 is 14.5 Å².